The number of halogens is 2. The van der Waals surface area contributed by atoms with Gasteiger partial charge in [0.15, 0.2) is 11.6 Å². The van der Waals surface area contributed by atoms with Crippen molar-refractivity contribution in [2.24, 2.45) is 0 Å². The highest BCUT2D eigenvalue weighted by Gasteiger charge is 2.06. The van der Waals surface area contributed by atoms with Crippen LogP contribution >= 0.6 is 27.5 Å². The molecule has 0 saturated heterocycles. The van der Waals surface area contributed by atoms with E-state index in [1.54, 1.807) is 18.2 Å². The summed E-state index contributed by atoms with van der Waals surface area (Å²) in [5, 5.41) is 10.0. The number of phenolic OH excluding ortho intramolecular Hbond substituents is 1. The number of allylic oxidation sites excluding steroid dienone is 2. The summed E-state index contributed by atoms with van der Waals surface area (Å²) in [6, 6.07) is 10.3. The molecule has 0 unspecified atom stereocenters. The highest BCUT2D eigenvalue weighted by atomic mass is 79.9. The van der Waals surface area contributed by atoms with Crippen molar-refractivity contribution in [1.82, 2.24) is 0 Å². The number of anilines is 1. The fraction of sp³-hybridized carbons (Fsp3) is 0.143. The van der Waals surface area contributed by atoms with Crippen LogP contribution in [0.1, 0.15) is 17.5 Å². The van der Waals surface area contributed by atoms with Crippen molar-refractivity contribution in [1.29, 1.82) is 0 Å². The fourth-order valence-corrected chi connectivity index (χ4v) is 2.86. The summed E-state index contributed by atoms with van der Waals surface area (Å²) in [4.78, 5) is 25.9. The van der Waals surface area contributed by atoms with Gasteiger partial charge in [0.05, 0.1) is 6.42 Å². The molecule has 2 aromatic rings. The molecule has 140 valence electrons. The van der Waals surface area contributed by atoms with Crippen LogP contribution in [0.15, 0.2) is 53.0 Å². The number of phenols is 1. The van der Waals surface area contributed by atoms with Crippen molar-refractivity contribution in [2.45, 2.75) is 6.42 Å². The van der Waals surface area contributed by atoms with E-state index < -0.39 is 0 Å². The number of carbonyl (C=O) groups excluding carboxylic acids is 2. The molecule has 0 aromatic heterocycles. The van der Waals surface area contributed by atoms with Gasteiger partial charge in [-0.05, 0) is 59.7 Å². The third kappa shape index (κ3) is 6.38. The molecule has 2 rings (SSSR count). The monoisotopic (exact) mass is 447 g/mol. The van der Waals surface area contributed by atoms with Crippen LogP contribution in [0.3, 0.4) is 0 Å². The number of nitrogens with zero attached hydrogens (tertiary/aromatic N) is 1. The summed E-state index contributed by atoms with van der Waals surface area (Å²) < 4.78 is 0.742. The summed E-state index contributed by atoms with van der Waals surface area (Å²) in [7, 11) is 3.83. The van der Waals surface area contributed by atoms with Crippen molar-refractivity contribution in [3.63, 3.8) is 0 Å². The van der Waals surface area contributed by atoms with E-state index in [1.807, 2.05) is 37.2 Å². The molecule has 4 nitrogen and oxygen atoms in total. The third-order valence-corrected chi connectivity index (χ3v) is 4.78. The highest BCUT2D eigenvalue weighted by Crippen LogP contribution is 2.24. The average molecular weight is 449 g/mol. The maximum Gasteiger partial charge on any atom is 0.163 e. The summed E-state index contributed by atoms with van der Waals surface area (Å²) in [5.41, 5.74) is 2.32. The van der Waals surface area contributed by atoms with Crippen LogP contribution in [0.5, 0.6) is 5.75 Å². The SMILES string of the molecule is CN(C)c1ccc(/C=C/C(=O)CC(=O)/C=C/c2cc(O)ccc2Br)c(Cl)c1. The van der Waals surface area contributed by atoms with Gasteiger partial charge in [-0.1, -0.05) is 39.7 Å². The minimum atomic E-state index is -0.325. The van der Waals surface area contributed by atoms with Crippen LogP contribution in [0.2, 0.25) is 5.02 Å². The first-order valence-electron chi connectivity index (χ1n) is 8.13. The van der Waals surface area contributed by atoms with E-state index in [-0.39, 0.29) is 23.7 Å². The molecule has 2 aromatic carbocycles. The van der Waals surface area contributed by atoms with E-state index in [0.717, 1.165) is 10.2 Å². The normalized spacial score (nSPS) is 11.3. The Labute approximate surface area is 171 Å². The molecule has 0 aliphatic carbocycles. The molecule has 0 aliphatic heterocycles. The number of hydrogen-bond donors (Lipinski definition) is 1. The number of rotatable bonds is 7. The van der Waals surface area contributed by atoms with E-state index in [9.17, 15) is 14.7 Å². The van der Waals surface area contributed by atoms with E-state index in [0.29, 0.717) is 16.1 Å². The lowest BCUT2D eigenvalue weighted by Gasteiger charge is -2.13. The smallest absolute Gasteiger partial charge is 0.163 e. The first-order chi connectivity index (χ1) is 12.8. The van der Waals surface area contributed by atoms with Gasteiger partial charge in [0.25, 0.3) is 0 Å². The Morgan fingerprint density at radius 3 is 2.26 bits per heavy atom. The third-order valence-electron chi connectivity index (χ3n) is 3.73. The number of benzene rings is 2. The highest BCUT2D eigenvalue weighted by molar-refractivity contribution is 9.10. The van der Waals surface area contributed by atoms with Crippen molar-refractivity contribution in [3.8, 4) is 5.75 Å². The van der Waals surface area contributed by atoms with Crippen molar-refractivity contribution < 1.29 is 14.7 Å². The number of carbonyl (C=O) groups is 2. The van der Waals surface area contributed by atoms with E-state index >= 15 is 0 Å². The first-order valence-corrected chi connectivity index (χ1v) is 9.30. The summed E-state index contributed by atoms with van der Waals surface area (Å²) in [6.07, 6.45) is 5.60. The predicted molar refractivity (Wildman–Crippen MR) is 114 cm³/mol. The molecule has 0 heterocycles. The van der Waals surface area contributed by atoms with Crippen molar-refractivity contribution in [3.05, 3.63) is 69.2 Å². The minimum Gasteiger partial charge on any atom is -0.508 e. The molecule has 0 bridgehead atoms. The first kappa shape index (κ1) is 20.9. The van der Waals surface area contributed by atoms with Gasteiger partial charge >= 0.3 is 0 Å². The molecule has 0 radical (unpaired) electrons. The lowest BCUT2D eigenvalue weighted by atomic mass is 10.1. The van der Waals surface area contributed by atoms with Crippen LogP contribution in [0, 0.1) is 0 Å². The fourth-order valence-electron chi connectivity index (χ4n) is 2.24. The zero-order valence-electron chi connectivity index (χ0n) is 14.9. The van der Waals surface area contributed by atoms with Crippen LogP contribution in [0.4, 0.5) is 5.69 Å². The molecule has 0 amide bonds. The molecular formula is C21H19BrClNO3. The Morgan fingerprint density at radius 1 is 1.04 bits per heavy atom. The largest absolute Gasteiger partial charge is 0.508 e. The average Bonchev–Trinajstić information content (AvgIpc) is 2.61. The van der Waals surface area contributed by atoms with Gasteiger partial charge in [-0.25, -0.2) is 0 Å². The lowest BCUT2D eigenvalue weighted by molar-refractivity contribution is -0.121. The van der Waals surface area contributed by atoms with E-state index in [4.69, 9.17) is 11.6 Å². The second kappa shape index (κ2) is 9.53. The Bertz CT molecular complexity index is 920. The second-order valence-electron chi connectivity index (χ2n) is 6.08. The molecule has 0 atom stereocenters. The topological polar surface area (TPSA) is 57.6 Å². The van der Waals surface area contributed by atoms with Crippen LogP contribution < -0.4 is 4.90 Å². The number of hydrogen-bond acceptors (Lipinski definition) is 4. The van der Waals surface area contributed by atoms with Crippen LogP contribution in [-0.2, 0) is 9.59 Å². The quantitative estimate of drug-likeness (QED) is 0.471. The molecule has 0 aliphatic rings. The maximum atomic E-state index is 12.0. The zero-order chi connectivity index (χ0) is 20.0. The molecule has 1 N–H and O–H groups in total. The van der Waals surface area contributed by atoms with Gasteiger partial charge in [-0.2, -0.15) is 0 Å². The zero-order valence-corrected chi connectivity index (χ0v) is 17.3. The molecule has 0 saturated carbocycles. The Hall–Kier alpha value is -2.37. The second-order valence-corrected chi connectivity index (χ2v) is 7.34. The van der Waals surface area contributed by atoms with Gasteiger partial charge in [0.2, 0.25) is 0 Å². The summed E-state index contributed by atoms with van der Waals surface area (Å²) in [5.74, 6) is -0.539. The predicted octanol–water partition coefficient (Wildman–Crippen LogP) is 5.13. The van der Waals surface area contributed by atoms with E-state index in [2.05, 4.69) is 15.9 Å². The van der Waals surface area contributed by atoms with Crippen LogP contribution in [-0.4, -0.2) is 30.8 Å². The molecule has 0 spiro atoms. The standard InChI is InChI=1S/C21H19BrClNO3/c1-24(2)16-6-3-14(21(23)12-16)4-7-18(26)13-19(27)8-5-15-11-17(25)9-10-20(15)22/h3-12,25H,13H2,1-2H3/b7-4+,8-5+. The lowest BCUT2D eigenvalue weighted by Crippen LogP contribution is -2.08. The van der Waals surface area contributed by atoms with Gasteiger partial charge in [-0.15, -0.1) is 0 Å². The minimum absolute atomic E-state index is 0.0986. The molecule has 0 fully saturated rings. The Balaban J connectivity index is 1.98. The number of ketones is 2. The van der Waals surface area contributed by atoms with Crippen LogP contribution in [0.25, 0.3) is 12.2 Å². The van der Waals surface area contributed by atoms with Gasteiger partial charge in [0, 0.05) is 29.3 Å². The Morgan fingerprint density at radius 2 is 1.67 bits per heavy atom. The summed E-state index contributed by atoms with van der Waals surface area (Å²) >= 11 is 9.55. The van der Waals surface area contributed by atoms with Crippen molar-refractivity contribution >= 4 is 56.9 Å². The van der Waals surface area contributed by atoms with Gasteiger partial charge in [-0.3, -0.25) is 9.59 Å². The van der Waals surface area contributed by atoms with Gasteiger partial charge in [0.1, 0.15) is 5.75 Å². The maximum absolute atomic E-state index is 12.0. The van der Waals surface area contributed by atoms with Crippen molar-refractivity contribution in [2.75, 3.05) is 19.0 Å². The molecular weight excluding hydrogens is 430 g/mol. The summed E-state index contributed by atoms with van der Waals surface area (Å²) in [6.45, 7) is 0. The van der Waals surface area contributed by atoms with Gasteiger partial charge < -0.3 is 10.0 Å². The number of aromatic hydroxyl groups is 1. The molecule has 27 heavy (non-hydrogen) atoms. The Kier molecular flexibility index (Phi) is 7.39. The molecule has 6 heteroatoms. The van der Waals surface area contributed by atoms with E-state index in [1.165, 1.54) is 24.3 Å².